The summed E-state index contributed by atoms with van der Waals surface area (Å²) in [7, 11) is 0. The first-order chi connectivity index (χ1) is 7.88. The van der Waals surface area contributed by atoms with E-state index in [-0.39, 0.29) is 51.5 Å². The van der Waals surface area contributed by atoms with Crippen molar-refractivity contribution in [3.05, 3.63) is 9.81 Å². The fourth-order valence-corrected chi connectivity index (χ4v) is 2.66. The van der Waals surface area contributed by atoms with Gasteiger partial charge in [0, 0.05) is 6.54 Å². The van der Waals surface area contributed by atoms with Gasteiger partial charge in [-0.2, -0.15) is 0 Å². The van der Waals surface area contributed by atoms with E-state index in [1.807, 2.05) is 0 Å². The van der Waals surface area contributed by atoms with Crippen LogP contribution in [-0.4, -0.2) is 33.6 Å². The average Bonchev–Trinajstić information content (AvgIpc) is 2.41. The number of rotatable bonds is 3. The van der Waals surface area contributed by atoms with Gasteiger partial charge >= 0.3 is 0 Å². The van der Waals surface area contributed by atoms with Crippen molar-refractivity contribution in [2.24, 2.45) is 11.5 Å². The van der Waals surface area contributed by atoms with Gasteiger partial charge in [-0.1, -0.05) is 0 Å². The molecule has 0 radical (unpaired) electrons. The average molecular weight is 346 g/mol. The van der Waals surface area contributed by atoms with Crippen molar-refractivity contribution < 1.29 is 9.59 Å². The Balaban J connectivity index is 0. The number of likely N-dealkylation sites (N-methyl/N-ethyl adjacent to an activating group) is 1. The molecule has 0 aromatic heterocycles. The third-order valence-corrected chi connectivity index (χ3v) is 3.56. The Morgan fingerprint density at radius 3 is 1.58 bits per heavy atom. The van der Waals surface area contributed by atoms with Crippen LogP contribution in [0.25, 0.3) is 0 Å². The van der Waals surface area contributed by atoms with Crippen LogP contribution in [0.3, 0.4) is 0 Å². The lowest BCUT2D eigenvalue weighted by atomic mass is 10.5. The van der Waals surface area contributed by atoms with Gasteiger partial charge in [-0.25, -0.2) is 0 Å². The smallest absolute Gasteiger partial charge is 0.268 e. The molecule has 1 rings (SSSR count). The second-order valence-electron chi connectivity index (χ2n) is 2.95. The molecule has 0 spiro atoms. The maximum atomic E-state index is 11.8. The molecule has 0 fully saturated rings. The van der Waals surface area contributed by atoms with Crippen LogP contribution in [0.4, 0.5) is 0 Å². The highest BCUT2D eigenvalue weighted by Crippen LogP contribution is 2.35. The summed E-state index contributed by atoms with van der Waals surface area (Å²) in [6.07, 6.45) is 0. The molecular formula is C8H13Cl2N5O2S2. The lowest BCUT2D eigenvalue weighted by Gasteiger charge is -2.10. The third-order valence-electron chi connectivity index (χ3n) is 1.83. The van der Waals surface area contributed by atoms with E-state index in [0.29, 0.717) is 23.5 Å². The van der Waals surface area contributed by atoms with Crippen molar-refractivity contribution in [3.8, 4) is 0 Å². The zero-order chi connectivity index (χ0) is 13.2. The highest BCUT2D eigenvalue weighted by atomic mass is 35.5. The van der Waals surface area contributed by atoms with Gasteiger partial charge in [0.25, 0.3) is 11.8 Å². The topological polar surface area (TPSA) is 137 Å². The SMILES string of the molecule is CCN1C(=O)C(SC(=N)N)=C(SC(=N)N)C1=O.Cl.Cl. The molecule has 0 bridgehead atoms. The number of carbonyl (C=O) groups excluding carboxylic acids is 2. The molecule has 0 aromatic rings. The quantitative estimate of drug-likeness (QED) is 0.337. The fraction of sp³-hybridized carbons (Fsp3) is 0.250. The van der Waals surface area contributed by atoms with Crippen molar-refractivity contribution in [1.29, 1.82) is 10.8 Å². The molecule has 2 amide bonds. The number of carbonyl (C=O) groups is 2. The highest BCUT2D eigenvalue weighted by Gasteiger charge is 2.38. The van der Waals surface area contributed by atoms with Crippen LogP contribution < -0.4 is 11.5 Å². The molecule has 7 nitrogen and oxygen atoms in total. The molecule has 6 N–H and O–H groups in total. The van der Waals surface area contributed by atoms with Crippen LogP contribution >= 0.6 is 48.3 Å². The number of thioether (sulfide) groups is 2. The molecule has 1 aliphatic rings. The molecule has 19 heavy (non-hydrogen) atoms. The van der Waals surface area contributed by atoms with Crippen LogP contribution in [0.1, 0.15) is 6.92 Å². The van der Waals surface area contributed by atoms with E-state index in [9.17, 15) is 9.59 Å². The van der Waals surface area contributed by atoms with Crippen LogP contribution in [0, 0.1) is 10.8 Å². The maximum Gasteiger partial charge on any atom is 0.268 e. The Hall–Kier alpha value is -0.900. The highest BCUT2D eigenvalue weighted by molar-refractivity contribution is 8.21. The van der Waals surface area contributed by atoms with E-state index in [4.69, 9.17) is 22.3 Å². The molecule has 0 saturated carbocycles. The standard InChI is InChI=1S/C8H11N5O2S2.2ClH/c1-2-13-5(14)3(16-7(9)10)4(6(13)15)17-8(11)12;;/h2H2,1H3,(H3,9,10)(H3,11,12);2*1H. The first-order valence-electron chi connectivity index (χ1n) is 4.52. The van der Waals surface area contributed by atoms with E-state index < -0.39 is 11.8 Å². The van der Waals surface area contributed by atoms with Crippen LogP contribution in [0.2, 0.25) is 0 Å². The largest absolute Gasteiger partial charge is 0.378 e. The Kier molecular flexibility index (Phi) is 8.93. The summed E-state index contributed by atoms with van der Waals surface area (Å²) < 4.78 is 0. The van der Waals surface area contributed by atoms with Gasteiger partial charge in [-0.15, -0.1) is 24.8 Å². The number of imide groups is 1. The van der Waals surface area contributed by atoms with Crippen LogP contribution in [0.15, 0.2) is 9.81 Å². The predicted octanol–water partition coefficient (Wildman–Crippen LogP) is 0.684. The summed E-state index contributed by atoms with van der Waals surface area (Å²) in [4.78, 5) is 24.8. The van der Waals surface area contributed by atoms with Gasteiger partial charge in [-0.3, -0.25) is 25.3 Å². The number of hydrogen-bond acceptors (Lipinski definition) is 6. The zero-order valence-electron chi connectivity index (χ0n) is 9.76. The molecule has 0 saturated heterocycles. The Bertz CT molecular complexity index is 416. The summed E-state index contributed by atoms with van der Waals surface area (Å²) in [6, 6.07) is 0. The van der Waals surface area contributed by atoms with E-state index in [1.54, 1.807) is 6.92 Å². The molecule has 0 aliphatic carbocycles. The summed E-state index contributed by atoms with van der Waals surface area (Å²) in [5.41, 5.74) is 10.4. The Morgan fingerprint density at radius 1 is 1.05 bits per heavy atom. The molecular weight excluding hydrogens is 333 g/mol. The van der Waals surface area contributed by atoms with Gasteiger partial charge in [0.05, 0.1) is 0 Å². The zero-order valence-corrected chi connectivity index (χ0v) is 13.0. The van der Waals surface area contributed by atoms with Crippen molar-refractivity contribution in [1.82, 2.24) is 4.90 Å². The normalized spacial score (nSPS) is 14.1. The fourth-order valence-electron chi connectivity index (χ4n) is 1.22. The van der Waals surface area contributed by atoms with Crippen molar-refractivity contribution in [2.45, 2.75) is 6.92 Å². The molecule has 0 atom stereocenters. The first kappa shape index (κ1) is 20.4. The van der Waals surface area contributed by atoms with Gasteiger partial charge in [0.15, 0.2) is 10.3 Å². The summed E-state index contributed by atoms with van der Waals surface area (Å²) in [6.45, 7) is 1.88. The van der Waals surface area contributed by atoms with Crippen LogP contribution in [-0.2, 0) is 9.59 Å². The van der Waals surface area contributed by atoms with Gasteiger partial charge in [0.1, 0.15) is 9.81 Å². The number of amidine groups is 2. The summed E-state index contributed by atoms with van der Waals surface area (Å²) >= 11 is 1.40. The number of amides is 2. The van der Waals surface area contributed by atoms with E-state index >= 15 is 0 Å². The van der Waals surface area contributed by atoms with Gasteiger partial charge in [0.2, 0.25) is 0 Å². The number of nitrogens with one attached hydrogen (secondary N) is 2. The number of halogens is 2. The monoisotopic (exact) mass is 345 g/mol. The van der Waals surface area contributed by atoms with Gasteiger partial charge in [-0.05, 0) is 30.4 Å². The van der Waals surface area contributed by atoms with E-state index in [0.717, 1.165) is 4.90 Å². The Morgan fingerprint density at radius 2 is 1.37 bits per heavy atom. The minimum atomic E-state index is -0.499. The molecule has 0 unspecified atom stereocenters. The van der Waals surface area contributed by atoms with Crippen molar-refractivity contribution >= 4 is 70.5 Å². The summed E-state index contributed by atoms with van der Waals surface area (Å²) in [5.74, 6) is -0.997. The molecule has 11 heteroatoms. The molecule has 1 heterocycles. The lowest BCUT2D eigenvalue weighted by molar-refractivity contribution is -0.136. The molecule has 108 valence electrons. The van der Waals surface area contributed by atoms with Crippen LogP contribution in [0.5, 0.6) is 0 Å². The van der Waals surface area contributed by atoms with Crippen molar-refractivity contribution in [3.63, 3.8) is 0 Å². The second kappa shape index (κ2) is 8.31. The predicted molar refractivity (Wildman–Crippen MR) is 82.9 cm³/mol. The van der Waals surface area contributed by atoms with Crippen molar-refractivity contribution in [2.75, 3.05) is 6.54 Å². The lowest BCUT2D eigenvalue weighted by Crippen LogP contribution is -2.31. The third kappa shape index (κ3) is 4.60. The maximum absolute atomic E-state index is 11.8. The number of hydrogen-bond donors (Lipinski definition) is 4. The minimum Gasteiger partial charge on any atom is -0.378 e. The summed E-state index contributed by atoms with van der Waals surface area (Å²) in [5, 5.41) is 13.7. The molecule has 0 aromatic carbocycles. The Labute approximate surface area is 130 Å². The first-order valence-corrected chi connectivity index (χ1v) is 6.16. The molecule has 1 aliphatic heterocycles. The van der Waals surface area contributed by atoms with Gasteiger partial charge < -0.3 is 11.5 Å². The number of nitrogens with two attached hydrogens (primary N) is 2. The minimum absolute atomic E-state index is 0. The second-order valence-corrected chi connectivity index (χ2v) is 5.05. The van der Waals surface area contributed by atoms with E-state index in [1.165, 1.54) is 0 Å². The number of nitrogens with zero attached hydrogens (tertiary/aromatic N) is 1. The van der Waals surface area contributed by atoms with E-state index in [2.05, 4.69) is 0 Å².